The number of piperazine rings is 1. The standard InChI is InChI=1S/C63H76N8O4.2H2/c1-12-29-71(62(74)75-63(9,10)11)59-44(8)57(39-64-55(59)15-4)70-30-28-49-38-65-61(67-56(49)40-70)66-50-23-17-45(18-24-50)36-51(14-3)68-31-33-69(34-32-68)52-25-26-53(54(37-52)43(7)47-20-21-47)60(73)41(5)16-19-48-22-27-58(72)42(6)35-46(48)13-2;;/h15,17-18,23-26,37-39,41,48H,2-4,6,12,16,19-22,27-36,40H2,1,5,7-11H3,(H,65,66,67);2*1H. The van der Waals surface area contributed by atoms with Gasteiger partial charge in [0.05, 0.1) is 41.2 Å². The van der Waals surface area contributed by atoms with Crippen LogP contribution in [0.4, 0.5) is 33.5 Å². The molecule has 396 valence electrons. The smallest absolute Gasteiger partial charge is 0.414 e. The molecule has 0 bridgehead atoms. The highest BCUT2D eigenvalue weighted by Crippen LogP contribution is 2.40. The van der Waals surface area contributed by atoms with Gasteiger partial charge in [0.25, 0.3) is 0 Å². The van der Waals surface area contributed by atoms with Gasteiger partial charge in [0.2, 0.25) is 5.95 Å². The maximum absolute atomic E-state index is 14.2. The fraction of sp³-hybridized carbons (Fsp3) is 0.429. The van der Waals surface area contributed by atoms with Gasteiger partial charge in [0, 0.05) is 96.0 Å². The number of allylic oxidation sites excluding steroid dienone is 5. The normalized spacial score (nSPS) is 17.1. The molecule has 2 atom stereocenters. The number of hydrogen-bond acceptors (Lipinski definition) is 11. The maximum Gasteiger partial charge on any atom is 0.414 e. The maximum atomic E-state index is 14.2. The molecular formula is C63H80N8O4. The minimum absolute atomic E-state index is 0. The average molecular weight is 1010 g/mol. The Morgan fingerprint density at radius 2 is 1.73 bits per heavy atom. The molecule has 2 aliphatic heterocycles. The molecule has 12 heteroatoms. The van der Waals surface area contributed by atoms with Crippen LogP contribution in [-0.4, -0.2) is 82.4 Å². The first-order chi connectivity index (χ1) is 36.0. The van der Waals surface area contributed by atoms with Crippen LogP contribution in [0.5, 0.6) is 0 Å². The number of ether oxygens (including phenoxy) is 1. The van der Waals surface area contributed by atoms with Crippen molar-refractivity contribution >= 4 is 58.0 Å². The van der Waals surface area contributed by atoms with E-state index in [0.717, 1.165) is 140 Å². The second-order valence-electron chi connectivity index (χ2n) is 21.7. The van der Waals surface area contributed by atoms with E-state index in [9.17, 15) is 14.4 Å². The van der Waals surface area contributed by atoms with E-state index in [1.165, 1.54) is 11.1 Å². The Labute approximate surface area is 448 Å². The monoisotopic (exact) mass is 1010 g/mol. The molecule has 0 spiro atoms. The Morgan fingerprint density at radius 3 is 2.40 bits per heavy atom. The van der Waals surface area contributed by atoms with Gasteiger partial charge in [-0.05, 0) is 155 Å². The summed E-state index contributed by atoms with van der Waals surface area (Å²) in [6.07, 6.45) is 12.9. The van der Waals surface area contributed by atoms with Crippen molar-refractivity contribution in [1.29, 1.82) is 0 Å². The zero-order chi connectivity index (χ0) is 53.6. The number of carbonyl (C=O) groups is 3. The van der Waals surface area contributed by atoms with Crippen LogP contribution in [-0.2, 0) is 28.9 Å². The molecule has 8 rings (SSSR count). The minimum Gasteiger partial charge on any atom is -0.443 e. The van der Waals surface area contributed by atoms with Gasteiger partial charge < -0.3 is 24.8 Å². The summed E-state index contributed by atoms with van der Waals surface area (Å²) < 4.78 is 5.83. The average Bonchev–Trinajstić information content (AvgIpc) is 4.28. The van der Waals surface area contributed by atoms with Crippen molar-refractivity contribution in [2.75, 3.05) is 59.3 Å². The number of benzene rings is 2. The predicted molar refractivity (Wildman–Crippen MR) is 309 cm³/mol. The van der Waals surface area contributed by atoms with Crippen LogP contribution in [0.1, 0.15) is 140 Å². The molecule has 1 saturated heterocycles. The summed E-state index contributed by atoms with van der Waals surface area (Å²) in [6.45, 7) is 35.1. The van der Waals surface area contributed by atoms with Gasteiger partial charge in [0.1, 0.15) is 5.60 Å². The first kappa shape index (κ1) is 54.0. The van der Waals surface area contributed by atoms with Crippen LogP contribution in [0.15, 0.2) is 115 Å². The SMILES string of the molecule is C=C=C1CC(=C)C(=O)CCC1CCC(C)C(=O)c1ccc(N2CCN(C(=C=C)Cc3ccc(Nc4ncc5c(n4)CN(c4cnc(C=C)c(N(CCC)C(=O)OC(C)(C)C)c4C)CC5)cc3)CC2)cc1C(C)=C1CC1.[HH].[HH]. The number of ketones is 2. The summed E-state index contributed by atoms with van der Waals surface area (Å²) in [5.74, 6) is 0.873. The van der Waals surface area contributed by atoms with Crippen LogP contribution in [0.25, 0.3) is 11.6 Å². The zero-order valence-corrected chi connectivity index (χ0v) is 45.5. The molecule has 1 N–H and O–H groups in total. The largest absolute Gasteiger partial charge is 0.443 e. The first-order valence-electron chi connectivity index (χ1n) is 26.9. The summed E-state index contributed by atoms with van der Waals surface area (Å²) in [5.41, 5.74) is 21.5. The number of Topliss-reactive ketones (excluding diaryl/α,β-unsaturated/α-hetero) is 2. The molecule has 2 aliphatic carbocycles. The highest BCUT2D eigenvalue weighted by Gasteiger charge is 2.31. The van der Waals surface area contributed by atoms with Gasteiger partial charge in [0.15, 0.2) is 11.6 Å². The first-order valence-corrected chi connectivity index (χ1v) is 26.9. The Morgan fingerprint density at radius 1 is 0.987 bits per heavy atom. The summed E-state index contributed by atoms with van der Waals surface area (Å²) in [5, 5.41) is 3.43. The predicted octanol–water partition coefficient (Wildman–Crippen LogP) is 13.6. The molecule has 2 aromatic heterocycles. The summed E-state index contributed by atoms with van der Waals surface area (Å²) in [6, 6.07) is 14.8. The van der Waals surface area contributed by atoms with E-state index in [1.54, 1.807) is 11.0 Å². The molecule has 2 unspecified atom stereocenters. The highest BCUT2D eigenvalue weighted by molar-refractivity contribution is 6.03. The number of aromatic nitrogens is 3. The van der Waals surface area contributed by atoms with E-state index >= 15 is 0 Å². The van der Waals surface area contributed by atoms with Crippen molar-refractivity contribution < 1.29 is 22.0 Å². The second-order valence-corrected chi connectivity index (χ2v) is 21.7. The fourth-order valence-corrected chi connectivity index (χ4v) is 10.7. The van der Waals surface area contributed by atoms with E-state index < -0.39 is 11.7 Å². The lowest BCUT2D eigenvalue weighted by Gasteiger charge is -2.38. The van der Waals surface area contributed by atoms with Gasteiger partial charge in [-0.1, -0.05) is 57.9 Å². The lowest BCUT2D eigenvalue weighted by molar-refractivity contribution is -0.115. The van der Waals surface area contributed by atoms with Crippen LogP contribution < -0.4 is 20.0 Å². The molecular weight excluding hydrogens is 933 g/mol. The van der Waals surface area contributed by atoms with Crippen LogP contribution in [0.2, 0.25) is 0 Å². The van der Waals surface area contributed by atoms with E-state index in [4.69, 9.17) is 19.7 Å². The lowest BCUT2D eigenvalue weighted by atomic mass is 9.84. The summed E-state index contributed by atoms with van der Waals surface area (Å²) in [4.78, 5) is 63.4. The Hall–Kier alpha value is -7.26. The van der Waals surface area contributed by atoms with E-state index in [1.807, 2.05) is 53.9 Å². The number of amides is 1. The lowest BCUT2D eigenvalue weighted by Crippen LogP contribution is -2.46. The molecule has 4 aromatic rings. The third kappa shape index (κ3) is 12.8. The quantitative estimate of drug-likeness (QED) is 0.0470. The van der Waals surface area contributed by atoms with Crippen molar-refractivity contribution in [3.63, 3.8) is 0 Å². The van der Waals surface area contributed by atoms with Gasteiger partial charge >= 0.3 is 6.09 Å². The summed E-state index contributed by atoms with van der Waals surface area (Å²) >= 11 is 0. The van der Waals surface area contributed by atoms with Gasteiger partial charge in [-0.25, -0.2) is 14.8 Å². The molecule has 4 heterocycles. The molecule has 0 radical (unpaired) electrons. The molecule has 1 amide bonds. The topological polar surface area (TPSA) is 124 Å². The molecule has 2 aromatic carbocycles. The van der Waals surface area contributed by atoms with Crippen molar-refractivity contribution in [2.24, 2.45) is 11.8 Å². The number of pyridine rings is 1. The Balaban J connectivity index is 0.00000480. The van der Waals surface area contributed by atoms with Crippen LogP contribution in [0, 0.1) is 18.8 Å². The highest BCUT2D eigenvalue weighted by atomic mass is 16.6. The molecule has 12 nitrogen and oxygen atoms in total. The second kappa shape index (κ2) is 23.5. The number of nitrogens with zero attached hydrogens (tertiary/aromatic N) is 7. The minimum atomic E-state index is -0.639. The number of anilines is 5. The van der Waals surface area contributed by atoms with Crippen molar-refractivity contribution in [3.8, 4) is 0 Å². The third-order valence-corrected chi connectivity index (χ3v) is 15.3. The number of hydrogen-bond donors (Lipinski definition) is 1. The van der Waals surface area contributed by atoms with Crippen molar-refractivity contribution in [2.45, 2.75) is 125 Å². The van der Waals surface area contributed by atoms with E-state index in [2.05, 4.69) is 107 Å². The Kier molecular flexibility index (Phi) is 16.9. The van der Waals surface area contributed by atoms with Gasteiger partial charge in [-0.2, -0.15) is 0 Å². The van der Waals surface area contributed by atoms with E-state index in [-0.39, 0.29) is 26.3 Å². The number of rotatable bonds is 17. The van der Waals surface area contributed by atoms with Gasteiger partial charge in [-0.3, -0.25) is 19.5 Å². The van der Waals surface area contributed by atoms with Crippen molar-refractivity contribution in [3.05, 3.63) is 154 Å². The Bertz CT molecular complexity index is 3000. The van der Waals surface area contributed by atoms with Gasteiger partial charge in [-0.15, -0.1) is 11.5 Å². The zero-order valence-electron chi connectivity index (χ0n) is 45.5. The molecule has 75 heavy (non-hydrogen) atoms. The molecule has 3 fully saturated rings. The number of fused-ring (bicyclic) bond motifs is 1. The number of carbonyl (C=O) groups excluding carboxylic acids is 3. The third-order valence-electron chi connectivity index (χ3n) is 15.3. The fourth-order valence-electron chi connectivity index (χ4n) is 10.7. The van der Waals surface area contributed by atoms with Crippen molar-refractivity contribution in [1.82, 2.24) is 19.9 Å². The molecule has 2 saturated carbocycles. The number of nitrogens with one attached hydrogen (secondary N) is 1. The summed E-state index contributed by atoms with van der Waals surface area (Å²) in [7, 11) is 0. The molecule has 4 aliphatic rings. The van der Waals surface area contributed by atoms with Crippen LogP contribution in [0.3, 0.4) is 0 Å². The van der Waals surface area contributed by atoms with E-state index in [0.29, 0.717) is 55.3 Å². The van der Waals surface area contributed by atoms with Crippen LogP contribution >= 0.6 is 0 Å².